The number of allylic oxidation sites excluding steroid dienone is 1. The van der Waals surface area contributed by atoms with Crippen molar-refractivity contribution in [2.75, 3.05) is 0 Å². The van der Waals surface area contributed by atoms with E-state index in [9.17, 15) is 14.7 Å². The van der Waals surface area contributed by atoms with Crippen LogP contribution in [0.4, 0.5) is 0 Å². The number of rotatable bonds is 1. The van der Waals surface area contributed by atoms with E-state index in [4.69, 9.17) is 0 Å². The molecule has 0 amide bonds. The molecule has 0 radical (unpaired) electrons. The number of hydrogen-bond donors (Lipinski definition) is 1. The molecule has 0 spiro atoms. The standard InChI is InChI=1S/C18H20O3/c1-10(2)13-9-11-6-7-14-12(5-4-8-18(14,3)21)15(11)17(20)16(13)19/h6-7,9-10,21H,4-5,8H2,1-3H3. The van der Waals surface area contributed by atoms with Gasteiger partial charge in [-0.3, -0.25) is 9.59 Å². The van der Waals surface area contributed by atoms with Crippen LogP contribution in [0.2, 0.25) is 0 Å². The number of ketones is 2. The molecule has 2 aliphatic carbocycles. The monoisotopic (exact) mass is 284 g/mol. The lowest BCUT2D eigenvalue weighted by Crippen LogP contribution is -2.31. The van der Waals surface area contributed by atoms with E-state index in [0.29, 0.717) is 17.6 Å². The second-order valence-corrected chi connectivity index (χ2v) is 6.60. The molecular formula is C18H20O3. The highest BCUT2D eigenvalue weighted by atomic mass is 16.3. The third-order valence-corrected chi connectivity index (χ3v) is 4.64. The normalized spacial score (nSPS) is 24.7. The average Bonchev–Trinajstić information content (AvgIpc) is 2.41. The smallest absolute Gasteiger partial charge is 0.234 e. The van der Waals surface area contributed by atoms with Gasteiger partial charge in [0.15, 0.2) is 0 Å². The van der Waals surface area contributed by atoms with E-state index in [0.717, 1.165) is 29.5 Å². The molecule has 1 aromatic carbocycles. The van der Waals surface area contributed by atoms with Crippen LogP contribution in [-0.2, 0) is 16.8 Å². The molecule has 3 rings (SSSR count). The van der Waals surface area contributed by atoms with Crippen LogP contribution in [0.5, 0.6) is 0 Å². The first-order valence-corrected chi connectivity index (χ1v) is 7.52. The fourth-order valence-corrected chi connectivity index (χ4v) is 3.47. The molecular weight excluding hydrogens is 264 g/mol. The summed E-state index contributed by atoms with van der Waals surface area (Å²) in [5.74, 6) is -0.768. The number of fused-ring (bicyclic) bond motifs is 3. The van der Waals surface area contributed by atoms with Crippen LogP contribution in [0.3, 0.4) is 0 Å². The Kier molecular flexibility index (Phi) is 3.14. The summed E-state index contributed by atoms with van der Waals surface area (Å²) in [4.78, 5) is 24.8. The van der Waals surface area contributed by atoms with Crippen molar-refractivity contribution < 1.29 is 14.7 Å². The van der Waals surface area contributed by atoms with Crippen molar-refractivity contribution in [3.63, 3.8) is 0 Å². The minimum absolute atomic E-state index is 0.0359. The molecule has 0 bridgehead atoms. The molecule has 1 atom stereocenters. The van der Waals surface area contributed by atoms with Gasteiger partial charge in [0, 0.05) is 11.1 Å². The summed E-state index contributed by atoms with van der Waals surface area (Å²) in [6.07, 6.45) is 4.11. The summed E-state index contributed by atoms with van der Waals surface area (Å²) < 4.78 is 0. The minimum atomic E-state index is -0.909. The minimum Gasteiger partial charge on any atom is -0.385 e. The Labute approximate surface area is 124 Å². The fraction of sp³-hybridized carbons (Fsp3) is 0.444. The van der Waals surface area contributed by atoms with Crippen LogP contribution in [0.1, 0.15) is 60.7 Å². The fourth-order valence-electron chi connectivity index (χ4n) is 3.47. The largest absolute Gasteiger partial charge is 0.385 e. The van der Waals surface area contributed by atoms with Gasteiger partial charge in [0.25, 0.3) is 0 Å². The number of carbonyl (C=O) groups excluding carboxylic acids is 2. The van der Waals surface area contributed by atoms with Crippen LogP contribution in [0, 0.1) is 5.92 Å². The first-order chi connectivity index (χ1) is 9.83. The van der Waals surface area contributed by atoms with Crippen molar-refractivity contribution in [2.24, 2.45) is 5.92 Å². The Morgan fingerprint density at radius 1 is 1.19 bits per heavy atom. The Morgan fingerprint density at radius 2 is 1.90 bits per heavy atom. The summed E-state index contributed by atoms with van der Waals surface area (Å²) in [6, 6.07) is 3.77. The Hall–Kier alpha value is -1.74. The second-order valence-electron chi connectivity index (χ2n) is 6.60. The maximum absolute atomic E-state index is 12.5. The molecule has 0 saturated heterocycles. The molecule has 3 nitrogen and oxygen atoms in total. The van der Waals surface area contributed by atoms with E-state index < -0.39 is 17.2 Å². The van der Waals surface area contributed by atoms with Crippen LogP contribution in [0.25, 0.3) is 6.08 Å². The summed E-state index contributed by atoms with van der Waals surface area (Å²) >= 11 is 0. The van der Waals surface area contributed by atoms with Crippen molar-refractivity contribution in [1.29, 1.82) is 0 Å². The van der Waals surface area contributed by atoms with Gasteiger partial charge in [-0.25, -0.2) is 0 Å². The van der Waals surface area contributed by atoms with E-state index in [1.807, 2.05) is 32.1 Å². The predicted molar refractivity (Wildman–Crippen MR) is 81.1 cm³/mol. The Morgan fingerprint density at radius 3 is 2.57 bits per heavy atom. The Bertz CT molecular complexity index is 678. The highest BCUT2D eigenvalue weighted by molar-refractivity contribution is 6.52. The second kappa shape index (κ2) is 4.63. The van der Waals surface area contributed by atoms with Gasteiger partial charge in [-0.15, -0.1) is 0 Å². The zero-order valence-corrected chi connectivity index (χ0v) is 12.7. The van der Waals surface area contributed by atoms with Crippen LogP contribution >= 0.6 is 0 Å². The molecule has 0 aliphatic heterocycles. The van der Waals surface area contributed by atoms with Gasteiger partial charge in [0.1, 0.15) is 0 Å². The summed E-state index contributed by atoms with van der Waals surface area (Å²) in [7, 11) is 0. The molecule has 0 aromatic heterocycles. The molecule has 2 aliphatic rings. The Balaban J connectivity index is 2.26. The van der Waals surface area contributed by atoms with Crippen LogP contribution in [0.15, 0.2) is 17.7 Å². The SMILES string of the molecule is CC(C)C1=Cc2ccc3c(c2C(=O)C1=O)CCCC3(C)O. The van der Waals surface area contributed by atoms with Crippen molar-refractivity contribution in [3.05, 3.63) is 40.0 Å². The van der Waals surface area contributed by atoms with Crippen molar-refractivity contribution >= 4 is 17.6 Å². The highest BCUT2D eigenvalue weighted by Gasteiger charge is 2.36. The lowest BCUT2D eigenvalue weighted by molar-refractivity contribution is -0.112. The van der Waals surface area contributed by atoms with Crippen molar-refractivity contribution in [2.45, 2.75) is 45.6 Å². The van der Waals surface area contributed by atoms with Crippen molar-refractivity contribution in [3.8, 4) is 0 Å². The third kappa shape index (κ3) is 2.07. The van der Waals surface area contributed by atoms with Crippen LogP contribution in [-0.4, -0.2) is 16.7 Å². The van der Waals surface area contributed by atoms with Gasteiger partial charge >= 0.3 is 0 Å². The third-order valence-electron chi connectivity index (χ3n) is 4.64. The zero-order valence-electron chi connectivity index (χ0n) is 12.7. The molecule has 1 N–H and O–H groups in total. The summed E-state index contributed by atoms with van der Waals surface area (Å²) in [5.41, 5.74) is 2.67. The van der Waals surface area contributed by atoms with Gasteiger partial charge in [0.2, 0.25) is 11.6 Å². The van der Waals surface area contributed by atoms with Gasteiger partial charge in [0.05, 0.1) is 5.60 Å². The van der Waals surface area contributed by atoms with Gasteiger partial charge < -0.3 is 5.11 Å². The number of Topliss-reactive ketones (excluding diaryl/α,β-unsaturated/α-hetero) is 2. The average molecular weight is 284 g/mol. The number of carbonyl (C=O) groups is 2. The van der Waals surface area contributed by atoms with E-state index in [-0.39, 0.29) is 5.92 Å². The first-order valence-electron chi connectivity index (χ1n) is 7.52. The number of aliphatic hydroxyl groups is 1. The van der Waals surface area contributed by atoms with E-state index in [1.54, 1.807) is 6.92 Å². The number of benzene rings is 1. The molecule has 0 heterocycles. The van der Waals surface area contributed by atoms with Gasteiger partial charge in [-0.1, -0.05) is 26.0 Å². The topological polar surface area (TPSA) is 54.4 Å². The zero-order chi connectivity index (χ0) is 15.4. The van der Waals surface area contributed by atoms with Gasteiger partial charge in [-0.2, -0.15) is 0 Å². The lowest BCUT2D eigenvalue weighted by atomic mass is 9.74. The van der Waals surface area contributed by atoms with Gasteiger partial charge in [-0.05, 0) is 54.9 Å². The highest BCUT2D eigenvalue weighted by Crippen LogP contribution is 2.39. The van der Waals surface area contributed by atoms with Crippen LogP contribution < -0.4 is 0 Å². The number of hydrogen-bond acceptors (Lipinski definition) is 3. The summed E-state index contributed by atoms with van der Waals surface area (Å²) in [6.45, 7) is 5.62. The molecule has 1 aromatic rings. The molecule has 110 valence electrons. The molecule has 0 fully saturated rings. The van der Waals surface area contributed by atoms with E-state index in [2.05, 4.69) is 0 Å². The summed E-state index contributed by atoms with van der Waals surface area (Å²) in [5, 5.41) is 10.5. The molecule has 0 saturated carbocycles. The molecule has 21 heavy (non-hydrogen) atoms. The molecule has 3 heteroatoms. The maximum Gasteiger partial charge on any atom is 0.234 e. The van der Waals surface area contributed by atoms with E-state index in [1.165, 1.54) is 0 Å². The van der Waals surface area contributed by atoms with Crippen molar-refractivity contribution in [1.82, 2.24) is 0 Å². The maximum atomic E-state index is 12.5. The lowest BCUT2D eigenvalue weighted by Gasteiger charge is -2.33. The molecule has 1 unspecified atom stereocenters. The van der Waals surface area contributed by atoms with E-state index >= 15 is 0 Å². The predicted octanol–water partition coefficient (Wildman–Crippen LogP) is 3.04. The quantitative estimate of drug-likeness (QED) is 0.806. The first kappa shape index (κ1) is 14.2.